The molecule has 0 unspecified atom stereocenters. The predicted molar refractivity (Wildman–Crippen MR) is 102 cm³/mol. The normalized spacial score (nSPS) is 12.3. The zero-order chi connectivity index (χ0) is 18.3. The van der Waals surface area contributed by atoms with E-state index in [9.17, 15) is 9.59 Å². The molecule has 0 radical (unpaired) electrons. The van der Waals surface area contributed by atoms with Crippen molar-refractivity contribution >= 4 is 46.8 Å². The topological polar surface area (TPSA) is 86.6 Å². The van der Waals surface area contributed by atoms with Crippen LogP contribution in [-0.4, -0.2) is 28.9 Å². The summed E-state index contributed by atoms with van der Waals surface area (Å²) in [6.45, 7) is 0. The van der Waals surface area contributed by atoms with E-state index < -0.39 is 7.12 Å². The Labute approximate surface area is 149 Å². The fourth-order valence-electron chi connectivity index (χ4n) is 3.14. The minimum Gasteiger partial charge on any atom is -0.423 e. The molecule has 0 aliphatic heterocycles. The first-order valence-corrected chi connectivity index (χ1v) is 8.10. The Morgan fingerprint density at radius 1 is 0.923 bits per heavy atom. The molecule has 6 heteroatoms. The van der Waals surface area contributed by atoms with E-state index in [1.54, 1.807) is 24.3 Å². The molecule has 126 valence electrons. The second-order valence-corrected chi connectivity index (χ2v) is 6.08. The number of nitrogens with one attached hydrogen (secondary N) is 1. The molecule has 26 heavy (non-hydrogen) atoms. The number of benzene rings is 3. The highest BCUT2D eigenvalue weighted by atomic mass is 16.4. The summed E-state index contributed by atoms with van der Waals surface area (Å²) in [6, 6.07) is 15.2. The van der Waals surface area contributed by atoms with E-state index >= 15 is 0 Å². The quantitative estimate of drug-likeness (QED) is 0.635. The Balaban J connectivity index is 1.71. The number of carbonyl (C=O) groups is 2. The second kappa shape index (κ2) is 6.26. The van der Waals surface area contributed by atoms with E-state index in [0.717, 1.165) is 16.3 Å². The summed E-state index contributed by atoms with van der Waals surface area (Å²) in [6.07, 6.45) is 3.33. The van der Waals surface area contributed by atoms with Gasteiger partial charge in [-0.25, -0.2) is 0 Å². The van der Waals surface area contributed by atoms with E-state index in [4.69, 9.17) is 10.0 Å². The molecule has 4 rings (SSSR count). The van der Waals surface area contributed by atoms with Gasteiger partial charge in [-0.15, -0.1) is 0 Å². The predicted octanol–water partition coefficient (Wildman–Crippen LogP) is 1.98. The smallest absolute Gasteiger partial charge is 0.423 e. The molecule has 3 aromatic carbocycles. The van der Waals surface area contributed by atoms with E-state index in [2.05, 4.69) is 5.32 Å². The van der Waals surface area contributed by atoms with Crippen LogP contribution >= 0.6 is 0 Å². The van der Waals surface area contributed by atoms with Crippen LogP contribution in [0.4, 0.5) is 5.69 Å². The molecule has 0 bridgehead atoms. The van der Waals surface area contributed by atoms with Gasteiger partial charge in [0.25, 0.3) is 5.91 Å². The molecule has 0 fully saturated rings. The first-order chi connectivity index (χ1) is 12.5. The number of amides is 1. The fraction of sp³-hybridized carbons (Fsp3) is 0. The zero-order valence-corrected chi connectivity index (χ0v) is 13.6. The largest absolute Gasteiger partial charge is 0.488 e. The van der Waals surface area contributed by atoms with E-state index in [-0.39, 0.29) is 11.7 Å². The van der Waals surface area contributed by atoms with Crippen LogP contribution in [0, 0.1) is 0 Å². The molecule has 0 saturated carbocycles. The van der Waals surface area contributed by atoms with E-state index in [1.807, 2.05) is 18.2 Å². The van der Waals surface area contributed by atoms with Gasteiger partial charge in [-0.1, -0.05) is 42.5 Å². The molecule has 0 atom stereocenters. The van der Waals surface area contributed by atoms with Crippen LogP contribution in [0.2, 0.25) is 0 Å². The average Bonchev–Trinajstić information content (AvgIpc) is 2.66. The van der Waals surface area contributed by atoms with Crippen LogP contribution in [0.25, 0.3) is 16.8 Å². The summed E-state index contributed by atoms with van der Waals surface area (Å²) in [5, 5.41) is 22.8. The Morgan fingerprint density at radius 3 is 2.42 bits per heavy atom. The first-order valence-electron chi connectivity index (χ1n) is 8.10. The van der Waals surface area contributed by atoms with Crippen LogP contribution in [0.3, 0.4) is 0 Å². The van der Waals surface area contributed by atoms with Gasteiger partial charge in [0.15, 0.2) is 5.78 Å². The number of hydrogen-bond acceptors (Lipinski definition) is 4. The number of hydrogen-bond donors (Lipinski definition) is 3. The lowest BCUT2D eigenvalue weighted by Crippen LogP contribution is -2.29. The maximum absolute atomic E-state index is 12.5. The van der Waals surface area contributed by atoms with Crippen LogP contribution < -0.4 is 10.8 Å². The van der Waals surface area contributed by atoms with Crippen molar-refractivity contribution < 1.29 is 19.6 Å². The first kappa shape index (κ1) is 16.3. The summed E-state index contributed by atoms with van der Waals surface area (Å²) in [5.41, 5.74) is 2.89. The van der Waals surface area contributed by atoms with Crippen LogP contribution in [-0.2, 0) is 0 Å². The number of anilines is 1. The van der Waals surface area contributed by atoms with E-state index in [0.29, 0.717) is 22.3 Å². The molecular formula is C20H14BNO4. The molecule has 0 spiro atoms. The van der Waals surface area contributed by atoms with Gasteiger partial charge in [0.1, 0.15) is 0 Å². The second-order valence-electron chi connectivity index (χ2n) is 6.08. The van der Waals surface area contributed by atoms with Crippen molar-refractivity contribution in [1.82, 2.24) is 0 Å². The SMILES string of the molecule is O=C(Nc1ccc2c3c(cccc13)C(=O)C=C2)c1ccc(B(O)O)cc1. The maximum atomic E-state index is 12.5. The number of rotatable bonds is 3. The van der Waals surface area contributed by atoms with Gasteiger partial charge >= 0.3 is 7.12 Å². The molecule has 0 saturated heterocycles. The highest BCUT2D eigenvalue weighted by molar-refractivity contribution is 6.58. The third-order valence-electron chi connectivity index (χ3n) is 4.47. The van der Waals surface area contributed by atoms with Crippen molar-refractivity contribution in [3.8, 4) is 0 Å². The van der Waals surface area contributed by atoms with Gasteiger partial charge in [-0.05, 0) is 35.3 Å². The summed E-state index contributed by atoms with van der Waals surface area (Å²) in [4.78, 5) is 24.6. The molecule has 1 amide bonds. The van der Waals surface area contributed by atoms with Crippen molar-refractivity contribution in [2.45, 2.75) is 0 Å². The molecule has 3 N–H and O–H groups in total. The molecule has 5 nitrogen and oxygen atoms in total. The maximum Gasteiger partial charge on any atom is 0.488 e. The van der Waals surface area contributed by atoms with Gasteiger partial charge < -0.3 is 15.4 Å². The molecule has 0 aromatic heterocycles. The van der Waals surface area contributed by atoms with E-state index in [1.165, 1.54) is 24.3 Å². The highest BCUT2D eigenvalue weighted by Crippen LogP contribution is 2.33. The van der Waals surface area contributed by atoms with Gasteiger partial charge in [0.2, 0.25) is 0 Å². The Morgan fingerprint density at radius 2 is 1.69 bits per heavy atom. The molecule has 3 aromatic rings. The van der Waals surface area contributed by atoms with Crippen molar-refractivity contribution in [3.63, 3.8) is 0 Å². The highest BCUT2D eigenvalue weighted by Gasteiger charge is 2.18. The number of allylic oxidation sites excluding steroid dienone is 1. The standard InChI is InChI=1S/C20H14BNO4/c23-18-11-7-12-6-10-17(15-2-1-3-16(18)19(12)15)22-20(24)13-4-8-14(9-5-13)21(25)26/h1-11,25-26H,(H,22,24). The monoisotopic (exact) mass is 343 g/mol. The Hall–Kier alpha value is -3.22. The molecule has 0 heterocycles. The van der Waals surface area contributed by atoms with Crippen molar-refractivity contribution in [2.75, 3.05) is 5.32 Å². The zero-order valence-electron chi connectivity index (χ0n) is 13.6. The fourth-order valence-corrected chi connectivity index (χ4v) is 3.14. The molecular weight excluding hydrogens is 329 g/mol. The lowest BCUT2D eigenvalue weighted by molar-refractivity contribution is 0.102. The molecule has 1 aliphatic carbocycles. The summed E-state index contributed by atoms with van der Waals surface area (Å²) in [7, 11) is -1.57. The van der Waals surface area contributed by atoms with Crippen LogP contribution in [0.1, 0.15) is 26.3 Å². The van der Waals surface area contributed by atoms with Crippen molar-refractivity contribution in [3.05, 3.63) is 77.4 Å². The third kappa shape index (κ3) is 2.71. The number of carbonyl (C=O) groups excluding carboxylic acids is 2. The van der Waals surface area contributed by atoms with Gasteiger partial charge in [0, 0.05) is 27.6 Å². The minimum absolute atomic E-state index is 0.0512. The molecule has 1 aliphatic rings. The van der Waals surface area contributed by atoms with Gasteiger partial charge in [-0.2, -0.15) is 0 Å². The summed E-state index contributed by atoms with van der Waals surface area (Å²) in [5.74, 6) is -0.368. The van der Waals surface area contributed by atoms with Crippen molar-refractivity contribution in [2.24, 2.45) is 0 Å². The van der Waals surface area contributed by atoms with Crippen molar-refractivity contribution in [1.29, 1.82) is 0 Å². The van der Waals surface area contributed by atoms with Gasteiger partial charge in [0.05, 0.1) is 0 Å². The Kier molecular flexibility index (Phi) is 3.91. The van der Waals surface area contributed by atoms with Gasteiger partial charge in [-0.3, -0.25) is 9.59 Å². The Bertz CT molecular complexity index is 1070. The summed E-state index contributed by atoms with van der Waals surface area (Å²) >= 11 is 0. The van der Waals surface area contributed by atoms with Crippen LogP contribution in [0.5, 0.6) is 0 Å². The lowest BCUT2D eigenvalue weighted by Gasteiger charge is -2.15. The lowest BCUT2D eigenvalue weighted by atomic mass is 9.80. The summed E-state index contributed by atoms with van der Waals surface area (Å²) < 4.78 is 0. The average molecular weight is 343 g/mol. The number of ketones is 1. The third-order valence-corrected chi connectivity index (χ3v) is 4.47. The minimum atomic E-state index is -1.57. The van der Waals surface area contributed by atoms with Crippen LogP contribution in [0.15, 0.2) is 60.7 Å².